The lowest BCUT2D eigenvalue weighted by atomic mass is 10.1. The Labute approximate surface area is 138 Å². The fourth-order valence-electron chi connectivity index (χ4n) is 3.03. The molecule has 0 radical (unpaired) electrons. The molecular formula is C20H25N3. The van der Waals surface area contributed by atoms with Gasteiger partial charge in [0.1, 0.15) is 0 Å². The molecule has 3 unspecified atom stereocenters. The molecule has 3 rings (SSSR count). The second-order valence-corrected chi connectivity index (χ2v) is 6.24. The standard InChI is InChI=1S/C20H25N3/c1-15(16-9-5-3-6-10-16)23-20(21-2)22-14-18-13-19(18)17-11-7-4-8-12-17/h3-12,15,18-19H,13-14H2,1-2H3,(H2,21,22,23). The highest BCUT2D eigenvalue weighted by molar-refractivity contribution is 5.80. The van der Waals surface area contributed by atoms with Crippen LogP contribution in [-0.2, 0) is 0 Å². The molecule has 1 aliphatic rings. The maximum absolute atomic E-state index is 4.35. The summed E-state index contributed by atoms with van der Waals surface area (Å²) in [5.74, 6) is 2.29. The second kappa shape index (κ2) is 7.32. The van der Waals surface area contributed by atoms with Gasteiger partial charge in [0.25, 0.3) is 0 Å². The number of hydrogen-bond acceptors (Lipinski definition) is 1. The van der Waals surface area contributed by atoms with Crippen LogP contribution in [0.3, 0.4) is 0 Å². The fourth-order valence-corrected chi connectivity index (χ4v) is 3.03. The van der Waals surface area contributed by atoms with Crippen LogP contribution < -0.4 is 10.6 Å². The molecule has 0 aliphatic heterocycles. The summed E-state index contributed by atoms with van der Waals surface area (Å²) >= 11 is 0. The highest BCUT2D eigenvalue weighted by atomic mass is 15.2. The lowest BCUT2D eigenvalue weighted by Gasteiger charge is -2.18. The number of aliphatic imine (C=N–C) groups is 1. The highest BCUT2D eigenvalue weighted by Gasteiger charge is 2.37. The molecular weight excluding hydrogens is 282 g/mol. The molecule has 1 saturated carbocycles. The zero-order valence-electron chi connectivity index (χ0n) is 13.9. The van der Waals surface area contributed by atoms with Crippen molar-refractivity contribution < 1.29 is 0 Å². The van der Waals surface area contributed by atoms with Gasteiger partial charge in [-0.15, -0.1) is 0 Å². The molecule has 2 aromatic carbocycles. The summed E-state index contributed by atoms with van der Waals surface area (Å²) in [6.45, 7) is 3.13. The Kier molecular flexibility index (Phi) is 4.96. The van der Waals surface area contributed by atoms with E-state index in [2.05, 4.69) is 77.1 Å². The van der Waals surface area contributed by atoms with Gasteiger partial charge in [-0.1, -0.05) is 60.7 Å². The lowest BCUT2D eigenvalue weighted by molar-refractivity contribution is 0.665. The van der Waals surface area contributed by atoms with Gasteiger partial charge in [0.2, 0.25) is 0 Å². The van der Waals surface area contributed by atoms with Gasteiger partial charge >= 0.3 is 0 Å². The Morgan fingerprint density at radius 3 is 2.39 bits per heavy atom. The minimum absolute atomic E-state index is 0.242. The largest absolute Gasteiger partial charge is 0.356 e. The minimum atomic E-state index is 0.242. The van der Waals surface area contributed by atoms with Gasteiger partial charge < -0.3 is 10.6 Å². The first-order valence-electron chi connectivity index (χ1n) is 8.35. The molecule has 2 N–H and O–H groups in total. The lowest BCUT2D eigenvalue weighted by Crippen LogP contribution is -2.39. The zero-order chi connectivity index (χ0) is 16.1. The van der Waals surface area contributed by atoms with E-state index >= 15 is 0 Å². The van der Waals surface area contributed by atoms with Gasteiger partial charge in [-0.05, 0) is 36.3 Å². The molecule has 1 aliphatic carbocycles. The van der Waals surface area contributed by atoms with Crippen LogP contribution in [0.15, 0.2) is 65.7 Å². The predicted octanol–water partition coefficient (Wildman–Crippen LogP) is 3.72. The van der Waals surface area contributed by atoms with Crippen molar-refractivity contribution in [2.75, 3.05) is 13.6 Å². The summed E-state index contributed by atoms with van der Waals surface area (Å²) in [4.78, 5) is 4.35. The van der Waals surface area contributed by atoms with Crippen LogP contribution in [0.2, 0.25) is 0 Å². The van der Waals surface area contributed by atoms with Crippen LogP contribution in [0, 0.1) is 5.92 Å². The van der Waals surface area contributed by atoms with E-state index in [1.807, 2.05) is 13.1 Å². The van der Waals surface area contributed by atoms with Crippen LogP contribution in [0.25, 0.3) is 0 Å². The second-order valence-electron chi connectivity index (χ2n) is 6.24. The predicted molar refractivity (Wildman–Crippen MR) is 96.6 cm³/mol. The summed E-state index contributed by atoms with van der Waals surface area (Å²) in [5.41, 5.74) is 2.73. The molecule has 23 heavy (non-hydrogen) atoms. The first-order valence-corrected chi connectivity index (χ1v) is 8.35. The zero-order valence-corrected chi connectivity index (χ0v) is 13.9. The number of hydrogen-bond donors (Lipinski definition) is 2. The van der Waals surface area contributed by atoms with E-state index in [0.29, 0.717) is 11.8 Å². The molecule has 1 fully saturated rings. The number of rotatable bonds is 5. The third-order valence-electron chi connectivity index (χ3n) is 4.56. The third kappa shape index (κ3) is 4.13. The number of guanidine groups is 1. The number of nitrogens with zero attached hydrogens (tertiary/aromatic N) is 1. The quantitative estimate of drug-likeness (QED) is 0.652. The Hall–Kier alpha value is -2.29. The van der Waals surface area contributed by atoms with Gasteiger partial charge in [0, 0.05) is 13.6 Å². The molecule has 120 valence electrons. The van der Waals surface area contributed by atoms with Gasteiger partial charge in [-0.3, -0.25) is 4.99 Å². The maximum Gasteiger partial charge on any atom is 0.191 e. The Morgan fingerprint density at radius 2 is 1.74 bits per heavy atom. The van der Waals surface area contributed by atoms with Crippen molar-refractivity contribution in [3.05, 3.63) is 71.8 Å². The van der Waals surface area contributed by atoms with Crippen molar-refractivity contribution in [1.82, 2.24) is 10.6 Å². The molecule has 3 heteroatoms. The van der Waals surface area contributed by atoms with Crippen LogP contribution >= 0.6 is 0 Å². The van der Waals surface area contributed by atoms with E-state index in [4.69, 9.17) is 0 Å². The summed E-state index contributed by atoms with van der Waals surface area (Å²) in [5, 5.41) is 6.93. The topological polar surface area (TPSA) is 36.4 Å². The SMILES string of the molecule is CN=C(NCC1CC1c1ccccc1)NC(C)c1ccccc1. The van der Waals surface area contributed by atoms with E-state index < -0.39 is 0 Å². The van der Waals surface area contributed by atoms with E-state index in [1.165, 1.54) is 17.5 Å². The number of nitrogens with one attached hydrogen (secondary N) is 2. The normalized spacial score (nSPS) is 21.6. The molecule has 0 aromatic heterocycles. The van der Waals surface area contributed by atoms with E-state index in [-0.39, 0.29) is 6.04 Å². The summed E-state index contributed by atoms with van der Waals surface area (Å²) < 4.78 is 0. The summed E-state index contributed by atoms with van der Waals surface area (Å²) in [6, 6.07) is 21.5. The Morgan fingerprint density at radius 1 is 1.09 bits per heavy atom. The Balaban J connectivity index is 1.48. The van der Waals surface area contributed by atoms with Crippen LogP contribution in [-0.4, -0.2) is 19.6 Å². The van der Waals surface area contributed by atoms with Crippen molar-refractivity contribution in [2.24, 2.45) is 10.9 Å². The summed E-state index contributed by atoms with van der Waals surface area (Å²) in [6.07, 6.45) is 1.27. The third-order valence-corrected chi connectivity index (χ3v) is 4.56. The molecule has 0 saturated heterocycles. The molecule has 0 bridgehead atoms. The van der Waals surface area contributed by atoms with Crippen LogP contribution in [0.5, 0.6) is 0 Å². The van der Waals surface area contributed by atoms with Crippen molar-refractivity contribution >= 4 is 5.96 Å². The molecule has 0 spiro atoms. The number of benzene rings is 2. The fraction of sp³-hybridized carbons (Fsp3) is 0.350. The van der Waals surface area contributed by atoms with Gasteiger partial charge in [-0.25, -0.2) is 0 Å². The Bertz CT molecular complexity index is 636. The monoisotopic (exact) mass is 307 g/mol. The van der Waals surface area contributed by atoms with Crippen molar-refractivity contribution in [3.63, 3.8) is 0 Å². The average Bonchev–Trinajstić information content (AvgIpc) is 3.39. The van der Waals surface area contributed by atoms with Gasteiger partial charge in [0.15, 0.2) is 5.96 Å². The summed E-state index contributed by atoms with van der Waals surface area (Å²) in [7, 11) is 1.83. The van der Waals surface area contributed by atoms with Crippen LogP contribution in [0.1, 0.15) is 36.4 Å². The van der Waals surface area contributed by atoms with Crippen LogP contribution in [0.4, 0.5) is 0 Å². The van der Waals surface area contributed by atoms with E-state index in [1.54, 1.807) is 0 Å². The van der Waals surface area contributed by atoms with Crippen molar-refractivity contribution in [1.29, 1.82) is 0 Å². The molecule has 0 amide bonds. The van der Waals surface area contributed by atoms with E-state index in [0.717, 1.165) is 12.5 Å². The van der Waals surface area contributed by atoms with Gasteiger partial charge in [0.05, 0.1) is 6.04 Å². The van der Waals surface area contributed by atoms with Gasteiger partial charge in [-0.2, -0.15) is 0 Å². The highest BCUT2D eigenvalue weighted by Crippen LogP contribution is 2.46. The van der Waals surface area contributed by atoms with Crippen molar-refractivity contribution in [3.8, 4) is 0 Å². The first-order chi connectivity index (χ1) is 11.3. The molecule has 0 heterocycles. The average molecular weight is 307 g/mol. The maximum atomic E-state index is 4.35. The molecule has 2 aromatic rings. The smallest absolute Gasteiger partial charge is 0.191 e. The molecule has 3 atom stereocenters. The van der Waals surface area contributed by atoms with Crippen molar-refractivity contribution in [2.45, 2.75) is 25.3 Å². The molecule has 3 nitrogen and oxygen atoms in total. The minimum Gasteiger partial charge on any atom is -0.356 e. The van der Waals surface area contributed by atoms with E-state index in [9.17, 15) is 0 Å². The first kappa shape index (κ1) is 15.6.